The van der Waals surface area contributed by atoms with Crippen LogP contribution in [0.3, 0.4) is 0 Å². The van der Waals surface area contributed by atoms with E-state index in [0.717, 1.165) is 24.3 Å². The van der Waals surface area contributed by atoms with E-state index in [-0.39, 0.29) is 46.4 Å². The van der Waals surface area contributed by atoms with Crippen molar-refractivity contribution in [1.82, 2.24) is 30.8 Å². The molecule has 0 saturated heterocycles. The fourth-order valence-electron chi connectivity index (χ4n) is 3.01. The molecule has 2 heterocycles. The molecule has 31 heavy (non-hydrogen) atoms. The van der Waals surface area contributed by atoms with Crippen molar-refractivity contribution in [2.75, 3.05) is 13.2 Å². The third kappa shape index (κ3) is 4.47. The van der Waals surface area contributed by atoms with Crippen molar-refractivity contribution in [3.63, 3.8) is 0 Å². The van der Waals surface area contributed by atoms with Crippen molar-refractivity contribution in [2.45, 2.75) is 19.3 Å². The average molecular weight is 430 g/mol. The van der Waals surface area contributed by atoms with E-state index in [2.05, 4.69) is 30.8 Å². The van der Waals surface area contributed by atoms with Gasteiger partial charge in [-0.2, -0.15) is 30.8 Å². The second kappa shape index (κ2) is 8.81. The molecule has 2 aromatic carbocycles. The van der Waals surface area contributed by atoms with E-state index in [1.807, 2.05) is 0 Å². The van der Waals surface area contributed by atoms with E-state index in [9.17, 15) is 18.4 Å². The maximum absolute atomic E-state index is 13.6. The lowest BCUT2D eigenvalue weighted by molar-refractivity contribution is 0.0479. The first-order chi connectivity index (χ1) is 15.0. The number of aromatic amines is 2. The minimum Gasteiger partial charge on any atom is -0.462 e. The average Bonchev–Trinajstić information content (AvgIpc) is 3.40. The maximum atomic E-state index is 13.6. The summed E-state index contributed by atoms with van der Waals surface area (Å²) in [5.74, 6) is -2.63. The van der Waals surface area contributed by atoms with Gasteiger partial charge in [-0.3, -0.25) is 0 Å². The normalized spacial score (nSPS) is 11.2. The summed E-state index contributed by atoms with van der Waals surface area (Å²) < 4.78 is 37.5. The van der Waals surface area contributed by atoms with Crippen LogP contribution in [0.2, 0.25) is 0 Å². The molecule has 0 spiro atoms. The van der Waals surface area contributed by atoms with Crippen molar-refractivity contribution in [2.24, 2.45) is 0 Å². The Morgan fingerprint density at radius 1 is 0.710 bits per heavy atom. The number of ether oxygens (including phenoxy) is 2. The van der Waals surface area contributed by atoms with Crippen molar-refractivity contribution in [3.8, 4) is 0 Å². The summed E-state index contributed by atoms with van der Waals surface area (Å²) in [6, 6.07) is 4.42. The molecular formula is C19H16F2N6O4. The first-order valence-corrected chi connectivity index (χ1v) is 9.37. The van der Waals surface area contributed by atoms with Gasteiger partial charge in [0, 0.05) is 12.1 Å². The smallest absolute Gasteiger partial charge is 0.340 e. The SMILES string of the molecule is O=C(OCCCCCOC(=O)c1cc(F)cc2n[nH]nc12)c1cc(F)cc2n[nH]nc12. The zero-order valence-corrected chi connectivity index (χ0v) is 16.0. The summed E-state index contributed by atoms with van der Waals surface area (Å²) in [4.78, 5) is 24.3. The second-order valence-electron chi connectivity index (χ2n) is 6.62. The summed E-state index contributed by atoms with van der Waals surface area (Å²) >= 11 is 0. The zero-order valence-electron chi connectivity index (χ0n) is 16.0. The largest absolute Gasteiger partial charge is 0.462 e. The topological polar surface area (TPSA) is 136 Å². The maximum Gasteiger partial charge on any atom is 0.340 e. The number of carbonyl (C=O) groups excluding carboxylic acids is 2. The Bertz CT molecular complexity index is 1160. The van der Waals surface area contributed by atoms with Gasteiger partial charge >= 0.3 is 11.9 Å². The Kier molecular flexibility index (Phi) is 5.78. The van der Waals surface area contributed by atoms with E-state index in [4.69, 9.17) is 9.47 Å². The Morgan fingerprint density at radius 2 is 1.16 bits per heavy atom. The van der Waals surface area contributed by atoms with Crippen LogP contribution in [0.15, 0.2) is 24.3 Å². The molecule has 0 aliphatic rings. The third-order valence-corrected chi connectivity index (χ3v) is 4.47. The minimum atomic E-state index is -0.701. The number of rotatable bonds is 8. The van der Waals surface area contributed by atoms with Gasteiger partial charge in [0.15, 0.2) is 0 Å². The minimum absolute atomic E-state index is 0.00746. The van der Waals surface area contributed by atoms with Crippen LogP contribution in [0.25, 0.3) is 22.1 Å². The third-order valence-electron chi connectivity index (χ3n) is 4.47. The zero-order chi connectivity index (χ0) is 21.8. The van der Waals surface area contributed by atoms with Gasteiger partial charge in [0.05, 0.1) is 24.3 Å². The summed E-state index contributed by atoms with van der Waals surface area (Å²) in [6.45, 7) is 0.207. The highest BCUT2D eigenvalue weighted by molar-refractivity contribution is 6.02. The number of nitrogens with one attached hydrogen (secondary N) is 2. The molecule has 0 unspecified atom stereocenters. The Balaban J connectivity index is 1.20. The molecule has 0 saturated carbocycles. The molecule has 0 radical (unpaired) electrons. The van der Waals surface area contributed by atoms with Gasteiger partial charge in [0.25, 0.3) is 0 Å². The molecule has 2 aromatic heterocycles. The first kappa shape index (κ1) is 20.3. The van der Waals surface area contributed by atoms with E-state index >= 15 is 0 Å². The highest BCUT2D eigenvalue weighted by Gasteiger charge is 2.17. The van der Waals surface area contributed by atoms with Crippen LogP contribution in [-0.4, -0.2) is 56.0 Å². The van der Waals surface area contributed by atoms with Crippen LogP contribution >= 0.6 is 0 Å². The summed E-state index contributed by atoms with van der Waals surface area (Å²) in [5, 5.41) is 19.8. The number of hydrogen-bond donors (Lipinski definition) is 2. The highest BCUT2D eigenvalue weighted by Crippen LogP contribution is 2.19. The number of hydrogen-bond acceptors (Lipinski definition) is 8. The molecule has 0 amide bonds. The lowest BCUT2D eigenvalue weighted by Crippen LogP contribution is -2.09. The van der Waals surface area contributed by atoms with Gasteiger partial charge in [-0.1, -0.05) is 0 Å². The number of benzene rings is 2. The molecule has 0 aliphatic carbocycles. The van der Waals surface area contributed by atoms with Crippen molar-refractivity contribution >= 4 is 34.0 Å². The molecule has 4 rings (SSSR count). The van der Waals surface area contributed by atoms with Crippen LogP contribution in [0.1, 0.15) is 40.0 Å². The van der Waals surface area contributed by atoms with Crippen LogP contribution in [0.4, 0.5) is 8.78 Å². The van der Waals surface area contributed by atoms with Crippen LogP contribution < -0.4 is 0 Å². The van der Waals surface area contributed by atoms with Gasteiger partial charge in [-0.25, -0.2) is 18.4 Å². The number of H-pyrrole nitrogens is 2. The van der Waals surface area contributed by atoms with Crippen LogP contribution in [0, 0.1) is 11.6 Å². The number of nitrogens with zero attached hydrogens (tertiary/aromatic N) is 4. The number of unbranched alkanes of at least 4 members (excludes halogenated alkanes) is 2. The number of halogens is 2. The van der Waals surface area contributed by atoms with Gasteiger partial charge in [-0.05, 0) is 31.4 Å². The van der Waals surface area contributed by atoms with E-state index in [1.54, 1.807) is 0 Å². The summed E-state index contributed by atoms with van der Waals surface area (Å²) in [5.41, 5.74) is 0.914. The standard InChI is InChI=1S/C19H16F2N6O4/c20-10-6-12(16-14(8-10)22-26-24-16)18(28)30-4-2-1-3-5-31-19(29)13-7-11(21)9-15-17(13)25-27-23-15/h6-9H,1-5H2,(H,22,24,26)(H,23,25,27). The number of esters is 2. The number of fused-ring (bicyclic) bond motifs is 2. The monoisotopic (exact) mass is 430 g/mol. The molecule has 0 atom stereocenters. The van der Waals surface area contributed by atoms with Crippen molar-refractivity contribution in [3.05, 3.63) is 47.0 Å². The van der Waals surface area contributed by atoms with Gasteiger partial charge in [0.1, 0.15) is 33.7 Å². The quantitative estimate of drug-likeness (QED) is 0.322. The van der Waals surface area contributed by atoms with Crippen molar-refractivity contribution in [1.29, 1.82) is 0 Å². The summed E-state index contributed by atoms with van der Waals surface area (Å²) in [7, 11) is 0. The molecule has 2 N–H and O–H groups in total. The van der Waals surface area contributed by atoms with Crippen LogP contribution in [0.5, 0.6) is 0 Å². The van der Waals surface area contributed by atoms with Gasteiger partial charge in [-0.15, -0.1) is 0 Å². The van der Waals surface area contributed by atoms with Crippen LogP contribution in [-0.2, 0) is 9.47 Å². The number of aromatic nitrogens is 6. The van der Waals surface area contributed by atoms with Crippen molar-refractivity contribution < 1.29 is 27.8 Å². The van der Waals surface area contributed by atoms with E-state index in [1.165, 1.54) is 0 Å². The second-order valence-corrected chi connectivity index (χ2v) is 6.62. The molecule has 12 heteroatoms. The Labute approximate surface area is 172 Å². The molecule has 160 valence electrons. The fourth-order valence-corrected chi connectivity index (χ4v) is 3.01. The number of carbonyl (C=O) groups is 2. The fraction of sp³-hybridized carbons (Fsp3) is 0.263. The predicted molar refractivity (Wildman–Crippen MR) is 102 cm³/mol. The highest BCUT2D eigenvalue weighted by atomic mass is 19.1. The Hall–Kier alpha value is -3.96. The Morgan fingerprint density at radius 3 is 1.61 bits per heavy atom. The van der Waals surface area contributed by atoms with Gasteiger partial charge in [0.2, 0.25) is 0 Å². The molecule has 0 bridgehead atoms. The van der Waals surface area contributed by atoms with E-state index in [0.29, 0.717) is 19.3 Å². The van der Waals surface area contributed by atoms with E-state index < -0.39 is 23.6 Å². The molecule has 10 nitrogen and oxygen atoms in total. The molecule has 0 aliphatic heterocycles. The molecular weight excluding hydrogens is 414 g/mol. The summed E-state index contributed by atoms with van der Waals surface area (Å²) in [6.07, 6.45) is 1.62. The van der Waals surface area contributed by atoms with Gasteiger partial charge < -0.3 is 9.47 Å². The first-order valence-electron chi connectivity index (χ1n) is 9.37. The predicted octanol–water partition coefficient (Wildman–Crippen LogP) is 2.69. The lowest BCUT2D eigenvalue weighted by Gasteiger charge is -2.07. The molecule has 0 fully saturated rings. The molecule has 4 aromatic rings. The lowest BCUT2D eigenvalue weighted by atomic mass is 10.2.